The zero-order valence-corrected chi connectivity index (χ0v) is 12.3. The van der Waals surface area contributed by atoms with Gasteiger partial charge in [-0.3, -0.25) is 4.79 Å². The number of thioether (sulfide) groups is 1. The molecule has 0 saturated carbocycles. The third-order valence-corrected chi connectivity index (χ3v) is 3.34. The molecule has 0 spiro atoms. The maximum Gasteiger partial charge on any atom is 0.255 e. The molecule has 4 nitrogen and oxygen atoms in total. The second kappa shape index (κ2) is 6.86. The molecular weight excluding hydrogens is 302 g/mol. The van der Waals surface area contributed by atoms with E-state index in [0.29, 0.717) is 5.56 Å². The number of carbonyl (C=O) groups is 1. The van der Waals surface area contributed by atoms with Crippen molar-refractivity contribution in [3.8, 4) is 0 Å². The average Bonchev–Trinajstić information content (AvgIpc) is 2.29. The molecule has 3 N–H and O–H groups in total. The maximum atomic E-state index is 11.9. The van der Waals surface area contributed by atoms with Crippen molar-refractivity contribution in [1.29, 1.82) is 0 Å². The van der Waals surface area contributed by atoms with Gasteiger partial charge < -0.3 is 11.1 Å². The molecule has 0 aliphatic heterocycles. The first-order valence-corrected chi connectivity index (χ1v) is 7.44. The summed E-state index contributed by atoms with van der Waals surface area (Å²) in [7, 11) is 0. The minimum Gasteiger partial charge on any atom is -0.383 e. The van der Waals surface area contributed by atoms with E-state index in [2.05, 4.69) is 26.2 Å². The largest absolute Gasteiger partial charge is 0.383 e. The Labute approximate surface area is 114 Å². The monoisotopic (exact) mass is 317 g/mol. The molecule has 1 atom stereocenters. The lowest BCUT2D eigenvalue weighted by atomic mass is 10.2. The van der Waals surface area contributed by atoms with E-state index in [1.54, 1.807) is 24.0 Å². The molecule has 0 aliphatic rings. The zero-order valence-electron chi connectivity index (χ0n) is 9.87. The van der Waals surface area contributed by atoms with Crippen LogP contribution in [0.1, 0.15) is 23.7 Å². The molecular formula is C11H16BrN3OS. The van der Waals surface area contributed by atoms with Crippen molar-refractivity contribution < 1.29 is 4.79 Å². The van der Waals surface area contributed by atoms with E-state index in [1.807, 2.05) is 13.2 Å². The zero-order chi connectivity index (χ0) is 12.8. The molecule has 94 valence electrons. The van der Waals surface area contributed by atoms with E-state index in [9.17, 15) is 4.79 Å². The Morgan fingerprint density at radius 2 is 2.41 bits per heavy atom. The Morgan fingerprint density at radius 3 is 3.06 bits per heavy atom. The first kappa shape index (κ1) is 14.3. The fourth-order valence-electron chi connectivity index (χ4n) is 1.30. The lowest BCUT2D eigenvalue weighted by molar-refractivity contribution is 0.0940. The van der Waals surface area contributed by atoms with Crippen molar-refractivity contribution >= 4 is 39.4 Å². The van der Waals surface area contributed by atoms with Gasteiger partial charge >= 0.3 is 0 Å². The molecule has 0 aromatic carbocycles. The van der Waals surface area contributed by atoms with E-state index in [4.69, 9.17) is 5.73 Å². The quantitative estimate of drug-likeness (QED) is 0.874. The number of nitrogens with one attached hydrogen (secondary N) is 1. The summed E-state index contributed by atoms with van der Waals surface area (Å²) in [4.78, 5) is 15.9. The third-order valence-electron chi connectivity index (χ3n) is 2.26. The van der Waals surface area contributed by atoms with Crippen LogP contribution in [0.15, 0.2) is 16.7 Å². The SMILES string of the molecule is CSCCC(C)NC(=O)c1cc(Br)cnc1N. The minimum absolute atomic E-state index is 0.133. The van der Waals surface area contributed by atoms with Gasteiger partial charge in [-0.15, -0.1) is 0 Å². The molecule has 1 aromatic heterocycles. The Balaban J connectivity index is 2.66. The summed E-state index contributed by atoms with van der Waals surface area (Å²) in [6, 6.07) is 1.81. The number of nitrogen functional groups attached to an aromatic ring is 1. The summed E-state index contributed by atoms with van der Waals surface area (Å²) in [5.41, 5.74) is 6.08. The summed E-state index contributed by atoms with van der Waals surface area (Å²) in [6.07, 6.45) is 4.56. The summed E-state index contributed by atoms with van der Waals surface area (Å²) < 4.78 is 0.744. The fourth-order valence-corrected chi connectivity index (χ4v) is 2.22. The van der Waals surface area contributed by atoms with Crippen LogP contribution in [0.4, 0.5) is 5.82 Å². The molecule has 17 heavy (non-hydrogen) atoms. The van der Waals surface area contributed by atoms with Crippen LogP contribution in [-0.2, 0) is 0 Å². The van der Waals surface area contributed by atoms with E-state index in [1.165, 1.54) is 0 Å². The maximum absolute atomic E-state index is 11.9. The van der Waals surface area contributed by atoms with Gasteiger partial charge in [-0.1, -0.05) is 0 Å². The van der Waals surface area contributed by atoms with Gasteiger partial charge in [0.2, 0.25) is 0 Å². The second-order valence-electron chi connectivity index (χ2n) is 3.74. The predicted octanol–water partition coefficient (Wildman–Crippen LogP) is 2.30. The highest BCUT2D eigenvalue weighted by molar-refractivity contribution is 9.10. The van der Waals surface area contributed by atoms with Crippen molar-refractivity contribution in [2.24, 2.45) is 0 Å². The Morgan fingerprint density at radius 1 is 1.71 bits per heavy atom. The number of hydrogen-bond acceptors (Lipinski definition) is 4. The number of carbonyl (C=O) groups excluding carboxylic acids is 1. The van der Waals surface area contributed by atoms with Gasteiger partial charge in [0.1, 0.15) is 5.82 Å². The predicted molar refractivity (Wildman–Crippen MR) is 76.3 cm³/mol. The van der Waals surface area contributed by atoms with E-state index in [-0.39, 0.29) is 17.8 Å². The number of nitrogens with two attached hydrogens (primary N) is 1. The van der Waals surface area contributed by atoms with Crippen LogP contribution >= 0.6 is 27.7 Å². The Kier molecular flexibility index (Phi) is 5.77. The summed E-state index contributed by atoms with van der Waals surface area (Å²) in [5, 5.41) is 2.91. The normalized spacial score (nSPS) is 12.2. The smallest absolute Gasteiger partial charge is 0.255 e. The molecule has 1 rings (SSSR count). The third kappa shape index (κ3) is 4.55. The van der Waals surface area contributed by atoms with Crippen LogP contribution in [0, 0.1) is 0 Å². The van der Waals surface area contributed by atoms with Gasteiger partial charge in [-0.25, -0.2) is 4.98 Å². The number of rotatable bonds is 5. The molecule has 1 unspecified atom stereocenters. The van der Waals surface area contributed by atoms with Gasteiger partial charge in [-0.05, 0) is 47.3 Å². The average molecular weight is 318 g/mol. The molecule has 0 saturated heterocycles. The first-order valence-electron chi connectivity index (χ1n) is 5.25. The number of pyridine rings is 1. The van der Waals surface area contributed by atoms with Crippen LogP contribution in [-0.4, -0.2) is 28.9 Å². The number of anilines is 1. The van der Waals surface area contributed by atoms with Gasteiger partial charge in [0, 0.05) is 16.7 Å². The highest BCUT2D eigenvalue weighted by Gasteiger charge is 2.13. The molecule has 0 radical (unpaired) electrons. The molecule has 0 fully saturated rings. The lowest BCUT2D eigenvalue weighted by Gasteiger charge is -2.13. The van der Waals surface area contributed by atoms with Gasteiger partial charge in [-0.2, -0.15) is 11.8 Å². The standard InChI is InChI=1S/C11H16BrN3OS/c1-7(3-4-17-2)15-11(16)9-5-8(12)6-14-10(9)13/h5-7H,3-4H2,1-2H3,(H2,13,14)(H,15,16). The van der Waals surface area contributed by atoms with Crippen LogP contribution in [0.25, 0.3) is 0 Å². The summed E-state index contributed by atoms with van der Waals surface area (Å²) >= 11 is 5.03. The number of hydrogen-bond donors (Lipinski definition) is 2. The van der Waals surface area contributed by atoms with Crippen LogP contribution in [0.3, 0.4) is 0 Å². The number of halogens is 1. The number of nitrogens with zero attached hydrogens (tertiary/aromatic N) is 1. The number of aromatic nitrogens is 1. The van der Waals surface area contributed by atoms with Crippen molar-refractivity contribution in [1.82, 2.24) is 10.3 Å². The molecule has 1 heterocycles. The van der Waals surface area contributed by atoms with Gasteiger partial charge in [0.05, 0.1) is 5.56 Å². The molecule has 0 aliphatic carbocycles. The van der Waals surface area contributed by atoms with Crippen molar-refractivity contribution in [3.05, 3.63) is 22.3 Å². The van der Waals surface area contributed by atoms with Gasteiger partial charge in [0.25, 0.3) is 5.91 Å². The second-order valence-corrected chi connectivity index (χ2v) is 5.64. The molecule has 1 amide bonds. The van der Waals surface area contributed by atoms with Crippen molar-refractivity contribution in [2.45, 2.75) is 19.4 Å². The minimum atomic E-state index is -0.176. The van der Waals surface area contributed by atoms with E-state index >= 15 is 0 Å². The molecule has 6 heteroatoms. The van der Waals surface area contributed by atoms with Crippen LogP contribution < -0.4 is 11.1 Å². The van der Waals surface area contributed by atoms with Crippen molar-refractivity contribution in [2.75, 3.05) is 17.7 Å². The van der Waals surface area contributed by atoms with Crippen molar-refractivity contribution in [3.63, 3.8) is 0 Å². The van der Waals surface area contributed by atoms with Crippen LogP contribution in [0.5, 0.6) is 0 Å². The summed E-state index contributed by atoms with van der Waals surface area (Å²) in [5.74, 6) is 1.10. The highest BCUT2D eigenvalue weighted by Crippen LogP contribution is 2.15. The fraction of sp³-hybridized carbons (Fsp3) is 0.455. The van der Waals surface area contributed by atoms with E-state index in [0.717, 1.165) is 16.6 Å². The lowest BCUT2D eigenvalue weighted by Crippen LogP contribution is -2.33. The first-order chi connectivity index (χ1) is 8.04. The number of amides is 1. The van der Waals surface area contributed by atoms with Crippen LogP contribution in [0.2, 0.25) is 0 Å². The topological polar surface area (TPSA) is 68.0 Å². The van der Waals surface area contributed by atoms with Gasteiger partial charge in [0.15, 0.2) is 0 Å². The Hall–Kier alpha value is -0.750. The Bertz CT molecular complexity index is 400. The molecule has 0 bridgehead atoms. The molecule has 1 aromatic rings. The highest BCUT2D eigenvalue weighted by atomic mass is 79.9. The van der Waals surface area contributed by atoms with E-state index < -0.39 is 0 Å². The summed E-state index contributed by atoms with van der Waals surface area (Å²) in [6.45, 7) is 1.98.